The molecule has 0 saturated heterocycles. The van der Waals surface area contributed by atoms with Gasteiger partial charge in [-0.05, 0) is 30.2 Å². The third-order valence-electron chi connectivity index (χ3n) is 5.25. The zero-order chi connectivity index (χ0) is 22.5. The minimum absolute atomic E-state index is 0.0872. The van der Waals surface area contributed by atoms with Crippen LogP contribution in [-0.4, -0.2) is 48.6 Å². The number of hydroxylamine groups is 1. The summed E-state index contributed by atoms with van der Waals surface area (Å²) in [4.78, 5) is 39.1. The number of allylic oxidation sites excluding steroid dienone is 2. The van der Waals surface area contributed by atoms with Gasteiger partial charge in [-0.3, -0.25) is 14.4 Å². The Hall–Kier alpha value is -3.17. The molecule has 2 aliphatic rings. The topological polar surface area (TPSA) is 106 Å². The average Bonchev–Trinajstić information content (AvgIpc) is 2.79. The van der Waals surface area contributed by atoms with Gasteiger partial charge in [0.1, 0.15) is 12.1 Å². The van der Waals surface area contributed by atoms with Gasteiger partial charge in [-0.2, -0.15) is 0 Å². The van der Waals surface area contributed by atoms with Gasteiger partial charge in [0, 0.05) is 29.8 Å². The van der Waals surface area contributed by atoms with E-state index in [2.05, 4.69) is 20.6 Å². The number of hydrogen-bond donors (Lipinski definition) is 2. The molecule has 0 radical (unpaired) electrons. The maximum atomic E-state index is 12.6. The van der Waals surface area contributed by atoms with Crippen LogP contribution in [0.25, 0.3) is 10.9 Å². The van der Waals surface area contributed by atoms with Crippen LogP contribution in [0.5, 0.6) is 5.75 Å². The monoisotopic (exact) mass is 457 g/mol. The van der Waals surface area contributed by atoms with Crippen molar-refractivity contribution in [3.8, 4) is 5.75 Å². The van der Waals surface area contributed by atoms with Crippen molar-refractivity contribution >= 4 is 40.1 Å². The van der Waals surface area contributed by atoms with Gasteiger partial charge in [-0.1, -0.05) is 17.7 Å². The van der Waals surface area contributed by atoms with E-state index in [1.807, 2.05) is 24.3 Å². The van der Waals surface area contributed by atoms with Gasteiger partial charge in [0.25, 0.3) is 0 Å². The molecular weight excluding hydrogens is 434 g/mol. The number of halogens is 1. The van der Waals surface area contributed by atoms with Crippen LogP contribution in [-0.2, 0) is 14.4 Å². The number of anilines is 1. The van der Waals surface area contributed by atoms with Crippen LogP contribution in [0.4, 0.5) is 5.82 Å². The van der Waals surface area contributed by atoms with E-state index in [-0.39, 0.29) is 24.8 Å². The van der Waals surface area contributed by atoms with Crippen LogP contribution in [0.15, 0.2) is 46.9 Å². The van der Waals surface area contributed by atoms with E-state index in [1.165, 1.54) is 6.33 Å². The highest BCUT2D eigenvalue weighted by molar-refractivity contribution is 6.29. The lowest BCUT2D eigenvalue weighted by molar-refractivity contribution is -0.125. The third kappa shape index (κ3) is 5.00. The maximum Gasteiger partial charge on any atom is 0.239 e. The minimum Gasteiger partial charge on any atom is -0.494 e. The second-order valence-electron chi connectivity index (χ2n) is 7.44. The molecule has 4 rings (SSSR count). The van der Waals surface area contributed by atoms with E-state index in [4.69, 9.17) is 21.2 Å². The largest absolute Gasteiger partial charge is 0.494 e. The summed E-state index contributed by atoms with van der Waals surface area (Å²) in [7, 11) is 1.55. The normalized spacial score (nSPS) is 18.4. The van der Waals surface area contributed by atoms with Crippen molar-refractivity contribution in [1.29, 1.82) is 0 Å². The SMILES string of the molecule is CON1C2=C(CC(=O)NCC(=O)NCCCOc3ccc4ncnc1c4c3)CC(Cl)=CC2. The van der Waals surface area contributed by atoms with Crippen LogP contribution in [0.1, 0.15) is 25.7 Å². The quantitative estimate of drug-likeness (QED) is 0.677. The van der Waals surface area contributed by atoms with Gasteiger partial charge in [0.15, 0.2) is 5.82 Å². The number of hydrogen-bond acceptors (Lipinski definition) is 7. The number of carbonyl (C=O) groups is 2. The minimum atomic E-state index is -0.266. The Morgan fingerprint density at radius 1 is 1.16 bits per heavy atom. The first kappa shape index (κ1) is 22.0. The molecule has 0 unspecified atom stereocenters. The van der Waals surface area contributed by atoms with E-state index in [0.29, 0.717) is 49.0 Å². The summed E-state index contributed by atoms with van der Waals surface area (Å²) in [6.45, 7) is 0.782. The molecule has 32 heavy (non-hydrogen) atoms. The number of amides is 2. The predicted octanol–water partition coefficient (Wildman–Crippen LogP) is 2.57. The van der Waals surface area contributed by atoms with Gasteiger partial charge in [-0.15, -0.1) is 0 Å². The summed E-state index contributed by atoms with van der Waals surface area (Å²) in [5.74, 6) is 0.694. The smallest absolute Gasteiger partial charge is 0.239 e. The first-order valence-corrected chi connectivity index (χ1v) is 10.7. The lowest BCUT2D eigenvalue weighted by Crippen LogP contribution is -2.38. The number of nitrogens with zero attached hydrogens (tertiary/aromatic N) is 3. The molecule has 0 atom stereocenters. The van der Waals surface area contributed by atoms with E-state index >= 15 is 0 Å². The number of fused-ring (bicyclic) bond motifs is 1. The number of aromatic nitrogens is 2. The number of ether oxygens (including phenoxy) is 1. The lowest BCUT2D eigenvalue weighted by atomic mass is 9.98. The first-order valence-electron chi connectivity index (χ1n) is 10.4. The van der Waals surface area contributed by atoms with Crippen LogP contribution >= 0.6 is 11.6 Å². The van der Waals surface area contributed by atoms with Crippen molar-refractivity contribution < 1.29 is 19.2 Å². The molecule has 1 aliphatic carbocycles. The fraction of sp³-hybridized carbons (Fsp3) is 0.364. The fourth-order valence-electron chi connectivity index (χ4n) is 3.71. The van der Waals surface area contributed by atoms with Gasteiger partial charge < -0.3 is 15.4 Å². The first-order chi connectivity index (χ1) is 15.5. The van der Waals surface area contributed by atoms with Crippen LogP contribution in [0, 0.1) is 0 Å². The Morgan fingerprint density at radius 3 is 2.88 bits per heavy atom. The molecule has 0 fully saturated rings. The van der Waals surface area contributed by atoms with Crippen LogP contribution in [0.2, 0.25) is 0 Å². The van der Waals surface area contributed by atoms with Gasteiger partial charge in [0.2, 0.25) is 11.8 Å². The summed E-state index contributed by atoms with van der Waals surface area (Å²) >= 11 is 6.29. The van der Waals surface area contributed by atoms with Crippen molar-refractivity contribution in [2.75, 3.05) is 31.9 Å². The fourth-order valence-corrected chi connectivity index (χ4v) is 3.95. The van der Waals surface area contributed by atoms with Crippen LogP contribution < -0.4 is 20.4 Å². The highest BCUT2D eigenvalue weighted by Gasteiger charge is 2.25. The second kappa shape index (κ2) is 9.97. The Balaban J connectivity index is 1.79. The van der Waals surface area contributed by atoms with Crippen molar-refractivity contribution in [2.45, 2.75) is 25.7 Å². The molecule has 1 aromatic heterocycles. The van der Waals surface area contributed by atoms with E-state index in [9.17, 15) is 9.59 Å². The summed E-state index contributed by atoms with van der Waals surface area (Å²) in [6, 6.07) is 5.57. The number of nitrogens with one attached hydrogen (secondary N) is 2. The predicted molar refractivity (Wildman–Crippen MR) is 120 cm³/mol. The van der Waals surface area contributed by atoms with Crippen molar-refractivity contribution in [3.05, 3.63) is 46.9 Å². The highest BCUT2D eigenvalue weighted by atomic mass is 35.5. The summed E-state index contributed by atoms with van der Waals surface area (Å²) in [5, 5.41) is 8.46. The molecule has 9 nitrogen and oxygen atoms in total. The van der Waals surface area contributed by atoms with Crippen molar-refractivity contribution in [2.24, 2.45) is 0 Å². The number of carbonyl (C=O) groups excluding carboxylic acids is 2. The lowest BCUT2D eigenvalue weighted by Gasteiger charge is -2.29. The molecule has 168 valence electrons. The van der Waals surface area contributed by atoms with Gasteiger partial charge in [-0.25, -0.2) is 15.0 Å². The Morgan fingerprint density at radius 2 is 2.03 bits per heavy atom. The van der Waals surface area contributed by atoms with Crippen molar-refractivity contribution in [1.82, 2.24) is 20.6 Å². The van der Waals surface area contributed by atoms with E-state index in [1.54, 1.807) is 12.2 Å². The summed E-state index contributed by atoms with van der Waals surface area (Å²) in [5.41, 5.74) is 2.30. The Kier molecular flexibility index (Phi) is 6.87. The molecule has 1 aromatic carbocycles. The molecule has 10 heteroatoms. The third-order valence-corrected chi connectivity index (χ3v) is 5.53. The molecule has 2 N–H and O–H groups in total. The van der Waals surface area contributed by atoms with E-state index in [0.717, 1.165) is 22.2 Å². The molecule has 1 aliphatic heterocycles. The highest BCUT2D eigenvalue weighted by Crippen LogP contribution is 2.36. The molecule has 2 heterocycles. The molecule has 0 saturated carbocycles. The van der Waals surface area contributed by atoms with Crippen molar-refractivity contribution in [3.63, 3.8) is 0 Å². The maximum absolute atomic E-state index is 12.6. The standard InChI is InChI=1S/C22H24ClN5O4/c1-31-28-19-6-3-15(23)9-14(19)10-20(29)25-12-21(30)24-7-2-8-32-16-4-5-18-17(11-16)22(28)27-13-26-18/h3-5,11,13H,2,6-10,12H2,1H3,(H,24,30)(H,25,29). The zero-order valence-electron chi connectivity index (χ0n) is 17.7. The number of benzene rings is 1. The molecule has 2 aromatic rings. The molecular formula is C22H24ClN5O4. The van der Waals surface area contributed by atoms with E-state index < -0.39 is 0 Å². The van der Waals surface area contributed by atoms with Crippen LogP contribution in [0.3, 0.4) is 0 Å². The Labute approximate surface area is 190 Å². The molecule has 0 spiro atoms. The zero-order valence-corrected chi connectivity index (χ0v) is 18.4. The second-order valence-corrected chi connectivity index (χ2v) is 7.93. The average molecular weight is 458 g/mol. The number of rotatable bonds is 1. The van der Waals surface area contributed by atoms with Gasteiger partial charge >= 0.3 is 0 Å². The summed E-state index contributed by atoms with van der Waals surface area (Å²) < 4.78 is 5.86. The molecule has 2 amide bonds. The van der Waals surface area contributed by atoms with Gasteiger partial charge in [0.05, 0.1) is 37.9 Å². The summed E-state index contributed by atoms with van der Waals surface area (Å²) in [6.07, 6.45) is 4.95. The molecule has 2 bridgehead atoms. The Bertz CT molecular complexity index is 1100.